The molecule has 0 aliphatic carbocycles. The van der Waals surface area contributed by atoms with Crippen molar-refractivity contribution in [2.24, 2.45) is 11.8 Å². The van der Waals surface area contributed by atoms with Crippen molar-refractivity contribution < 1.29 is 4.43 Å². The van der Waals surface area contributed by atoms with Crippen molar-refractivity contribution in [1.82, 2.24) is 9.88 Å². The Hall–Kier alpha value is -1.75. The number of hydrogen-bond acceptors (Lipinski definition) is 3. The first kappa shape index (κ1) is 19.6. The van der Waals surface area contributed by atoms with Crippen LogP contribution >= 0.6 is 0 Å². The predicted molar refractivity (Wildman–Crippen MR) is 120 cm³/mol. The maximum atomic E-state index is 7.01. The molecule has 3 aliphatic heterocycles. The molecule has 0 amide bonds. The maximum absolute atomic E-state index is 7.01. The quantitative estimate of drug-likeness (QED) is 0.454. The van der Waals surface area contributed by atoms with E-state index >= 15 is 0 Å². The first-order valence-corrected chi connectivity index (χ1v) is 13.6. The molecule has 4 heteroatoms. The van der Waals surface area contributed by atoms with Crippen LogP contribution in [-0.4, -0.2) is 37.3 Å². The largest absolute Gasteiger partial charge is 0.409 e. The third-order valence-electron chi connectivity index (χ3n) is 6.57. The minimum atomic E-state index is -1.86. The Balaban J connectivity index is 1.75. The van der Waals surface area contributed by atoms with Gasteiger partial charge < -0.3 is 4.43 Å². The van der Waals surface area contributed by atoms with Crippen molar-refractivity contribution >= 4 is 19.2 Å². The number of aromatic nitrogens is 1. The topological polar surface area (TPSA) is 25.4 Å². The van der Waals surface area contributed by atoms with Crippen LogP contribution in [0.5, 0.6) is 0 Å². The van der Waals surface area contributed by atoms with Crippen molar-refractivity contribution in [1.29, 1.82) is 0 Å². The molecule has 3 saturated heterocycles. The molecule has 3 nitrogen and oxygen atoms in total. The smallest absolute Gasteiger partial charge is 0.191 e. The normalized spacial score (nSPS) is 28.2. The first-order valence-electron chi connectivity index (χ1n) is 10.5. The van der Waals surface area contributed by atoms with Crippen LogP contribution in [0.15, 0.2) is 61.8 Å². The lowest BCUT2D eigenvalue weighted by atomic mass is 9.73. The fourth-order valence-electron chi connectivity index (χ4n) is 5.15. The molecule has 5 atom stereocenters. The highest BCUT2D eigenvalue weighted by atomic mass is 28.4. The lowest BCUT2D eigenvalue weighted by Gasteiger charge is -2.52. The molecule has 4 heterocycles. The first-order chi connectivity index (χ1) is 13.5. The van der Waals surface area contributed by atoms with Gasteiger partial charge >= 0.3 is 0 Å². The van der Waals surface area contributed by atoms with Crippen LogP contribution in [0.3, 0.4) is 0 Å². The van der Waals surface area contributed by atoms with Crippen molar-refractivity contribution in [2.45, 2.75) is 44.1 Å². The van der Waals surface area contributed by atoms with Crippen LogP contribution in [0.4, 0.5) is 0 Å². The molecule has 0 N–H and O–H groups in total. The monoisotopic (exact) mass is 392 g/mol. The molecule has 0 spiro atoms. The summed E-state index contributed by atoms with van der Waals surface area (Å²) in [4.78, 5) is 7.25. The molecule has 3 fully saturated rings. The van der Waals surface area contributed by atoms with Gasteiger partial charge in [-0.1, -0.05) is 30.4 Å². The van der Waals surface area contributed by atoms with Gasteiger partial charge in [0, 0.05) is 24.2 Å². The second-order valence-corrected chi connectivity index (χ2v) is 13.1. The zero-order valence-electron chi connectivity index (χ0n) is 17.2. The summed E-state index contributed by atoms with van der Waals surface area (Å²) in [6, 6.07) is 12.0. The van der Waals surface area contributed by atoms with Crippen LogP contribution in [0.2, 0.25) is 19.1 Å². The molecule has 0 radical (unpaired) electrons. The minimum absolute atomic E-state index is 0.0862. The minimum Gasteiger partial charge on any atom is -0.409 e. The SMILES string of the molecule is C=CC[Si](C)(C)O[C@H](c1ccnc2ccccc12)[C@@H]1C[C@@H]2CCN1C[C@@H]2C=C. The zero-order valence-corrected chi connectivity index (χ0v) is 18.2. The Morgan fingerprint density at radius 2 is 2.11 bits per heavy atom. The van der Waals surface area contributed by atoms with E-state index in [1.165, 1.54) is 30.3 Å². The van der Waals surface area contributed by atoms with E-state index in [0.29, 0.717) is 12.0 Å². The van der Waals surface area contributed by atoms with Gasteiger partial charge in [-0.3, -0.25) is 9.88 Å². The van der Waals surface area contributed by atoms with E-state index in [-0.39, 0.29) is 6.10 Å². The summed E-state index contributed by atoms with van der Waals surface area (Å²) in [5.74, 6) is 1.36. The van der Waals surface area contributed by atoms with Gasteiger partial charge in [0.2, 0.25) is 0 Å². The predicted octanol–water partition coefficient (Wildman–Crippen LogP) is 5.58. The number of benzene rings is 1. The molecule has 148 valence electrons. The van der Waals surface area contributed by atoms with Gasteiger partial charge in [-0.2, -0.15) is 0 Å². The molecular formula is C24H32N2OSi. The number of piperidine rings is 3. The van der Waals surface area contributed by atoms with Gasteiger partial charge in [0.05, 0.1) is 11.6 Å². The van der Waals surface area contributed by atoms with E-state index in [1.807, 2.05) is 12.3 Å². The Labute approximate surface area is 170 Å². The number of pyridine rings is 1. The van der Waals surface area contributed by atoms with Gasteiger partial charge in [0.1, 0.15) is 0 Å². The average Bonchev–Trinajstić information content (AvgIpc) is 2.72. The molecule has 1 unspecified atom stereocenters. The van der Waals surface area contributed by atoms with E-state index < -0.39 is 8.32 Å². The lowest BCUT2D eigenvalue weighted by Crippen LogP contribution is -2.56. The Bertz CT molecular complexity index is 859. The van der Waals surface area contributed by atoms with Crippen LogP contribution in [0.1, 0.15) is 24.5 Å². The molecule has 1 aromatic carbocycles. The van der Waals surface area contributed by atoms with E-state index in [0.717, 1.165) is 24.0 Å². The summed E-state index contributed by atoms with van der Waals surface area (Å²) in [5.41, 5.74) is 2.35. The van der Waals surface area contributed by atoms with E-state index in [9.17, 15) is 0 Å². The molecular weight excluding hydrogens is 360 g/mol. The Morgan fingerprint density at radius 1 is 1.29 bits per heavy atom. The fourth-order valence-corrected chi connectivity index (χ4v) is 6.91. The summed E-state index contributed by atoms with van der Waals surface area (Å²) in [7, 11) is -1.86. The molecule has 5 rings (SSSR count). The van der Waals surface area contributed by atoms with Gasteiger partial charge in [0.25, 0.3) is 0 Å². The highest BCUT2D eigenvalue weighted by Crippen LogP contribution is 2.44. The standard InChI is InChI=1S/C24H32N2OSi/c1-5-15-28(3,4)27-24(21-11-13-25-22-10-8-7-9-20(21)22)23-16-19-12-14-26(23)17-18(19)6-2/h5-11,13,18-19,23-24H,1-2,12,14-17H2,3-4H3/t18-,19-,23-,24+/m0/s1. The summed E-state index contributed by atoms with van der Waals surface area (Å²) in [5, 5.41) is 1.22. The van der Waals surface area contributed by atoms with Crippen molar-refractivity contribution in [3.8, 4) is 0 Å². The van der Waals surface area contributed by atoms with Gasteiger partial charge in [0.15, 0.2) is 8.32 Å². The van der Waals surface area contributed by atoms with E-state index in [4.69, 9.17) is 4.43 Å². The number of hydrogen-bond donors (Lipinski definition) is 0. The number of allylic oxidation sites excluding steroid dienone is 1. The molecule has 3 aliphatic rings. The Kier molecular flexibility index (Phi) is 5.54. The summed E-state index contributed by atoms with van der Waals surface area (Å²) in [6.07, 6.45) is 8.69. The van der Waals surface area contributed by atoms with Gasteiger partial charge in [-0.25, -0.2) is 0 Å². The van der Waals surface area contributed by atoms with Crippen LogP contribution in [0.25, 0.3) is 10.9 Å². The molecule has 0 saturated carbocycles. The highest BCUT2D eigenvalue weighted by molar-refractivity contribution is 6.71. The molecule has 28 heavy (non-hydrogen) atoms. The van der Waals surface area contributed by atoms with Crippen LogP contribution in [0, 0.1) is 11.8 Å². The van der Waals surface area contributed by atoms with Crippen LogP contribution < -0.4 is 0 Å². The van der Waals surface area contributed by atoms with E-state index in [1.54, 1.807) is 0 Å². The molecule has 1 aromatic heterocycles. The third-order valence-corrected chi connectivity index (χ3v) is 8.74. The maximum Gasteiger partial charge on any atom is 0.191 e. The molecule has 2 aromatic rings. The van der Waals surface area contributed by atoms with Gasteiger partial charge in [-0.05, 0) is 68.1 Å². The van der Waals surface area contributed by atoms with Crippen molar-refractivity contribution in [3.63, 3.8) is 0 Å². The van der Waals surface area contributed by atoms with E-state index in [2.05, 4.69) is 72.5 Å². The van der Waals surface area contributed by atoms with Gasteiger partial charge in [-0.15, -0.1) is 13.2 Å². The third kappa shape index (κ3) is 3.73. The average molecular weight is 393 g/mol. The Morgan fingerprint density at radius 3 is 2.82 bits per heavy atom. The second kappa shape index (κ2) is 7.94. The highest BCUT2D eigenvalue weighted by Gasteiger charge is 2.44. The van der Waals surface area contributed by atoms with Crippen molar-refractivity contribution in [2.75, 3.05) is 13.1 Å². The number of rotatable bonds is 7. The fraction of sp³-hybridized carbons (Fsp3) is 0.458. The summed E-state index contributed by atoms with van der Waals surface area (Å²) >= 11 is 0. The lowest BCUT2D eigenvalue weighted by molar-refractivity contribution is -0.0384. The second-order valence-electron chi connectivity index (χ2n) is 8.95. The summed E-state index contributed by atoms with van der Waals surface area (Å²) < 4.78 is 7.01. The zero-order chi connectivity index (χ0) is 19.7. The van der Waals surface area contributed by atoms with Crippen LogP contribution in [-0.2, 0) is 4.43 Å². The number of nitrogens with zero attached hydrogens (tertiary/aromatic N) is 2. The summed E-state index contributed by atoms with van der Waals surface area (Å²) in [6.45, 7) is 15.0. The number of para-hydroxylation sites is 1. The number of fused-ring (bicyclic) bond motifs is 4. The van der Waals surface area contributed by atoms with Crippen molar-refractivity contribution in [3.05, 3.63) is 67.4 Å². The molecule has 2 bridgehead atoms.